The fourth-order valence-corrected chi connectivity index (χ4v) is 5.80. The van der Waals surface area contributed by atoms with Crippen molar-refractivity contribution in [3.05, 3.63) is 34.5 Å². The van der Waals surface area contributed by atoms with Crippen molar-refractivity contribution in [1.82, 2.24) is 14.2 Å². The molecule has 3 aromatic heterocycles. The third-order valence-corrected chi connectivity index (χ3v) is 7.05. The maximum atomic E-state index is 12.7. The predicted molar refractivity (Wildman–Crippen MR) is 95.8 cm³/mol. The first-order valence-corrected chi connectivity index (χ1v) is 9.93. The molecule has 1 aliphatic carbocycles. The molecule has 5 nitrogen and oxygen atoms in total. The monoisotopic (exact) mass is 362 g/mol. The fraction of sp³-hybridized carbons (Fsp3) is 0.267. The van der Waals surface area contributed by atoms with Gasteiger partial charge in [0.05, 0.1) is 14.0 Å². The van der Waals surface area contributed by atoms with E-state index in [0.717, 1.165) is 23.3 Å². The summed E-state index contributed by atoms with van der Waals surface area (Å²) in [6, 6.07) is 1.80. The summed E-state index contributed by atoms with van der Waals surface area (Å²) < 4.78 is 7.19. The molecule has 0 saturated heterocycles. The van der Waals surface area contributed by atoms with E-state index in [9.17, 15) is 4.79 Å². The van der Waals surface area contributed by atoms with Gasteiger partial charge in [-0.3, -0.25) is 9.48 Å². The molecule has 0 bridgehead atoms. The first kappa shape index (κ1) is 14.9. The molecule has 0 atom stereocenters. The van der Waals surface area contributed by atoms with Crippen LogP contribution in [-0.4, -0.2) is 26.3 Å². The molecular weight excluding hydrogens is 348 g/mol. The minimum Gasteiger partial charge on any atom is -0.304 e. The highest BCUT2D eigenvalue weighted by Crippen LogP contribution is 2.47. The fourth-order valence-electron chi connectivity index (χ4n) is 2.80. The second-order valence-electron chi connectivity index (χ2n) is 5.29. The van der Waals surface area contributed by atoms with Crippen LogP contribution in [-0.2, 0) is 19.9 Å². The molecule has 8 heteroatoms. The zero-order valence-electron chi connectivity index (χ0n) is 12.6. The first-order chi connectivity index (χ1) is 11.2. The lowest BCUT2D eigenvalue weighted by Gasteiger charge is -2.13. The van der Waals surface area contributed by atoms with E-state index in [1.54, 1.807) is 33.8 Å². The average Bonchev–Trinajstić information content (AvgIpc) is 3.23. The summed E-state index contributed by atoms with van der Waals surface area (Å²) in [6.45, 7) is 0. The number of carbonyl (C=O) groups is 1. The summed E-state index contributed by atoms with van der Waals surface area (Å²) in [7, 11) is 1.83. The largest absolute Gasteiger partial charge is 0.304 e. The molecule has 118 valence electrons. The Morgan fingerprint density at radius 3 is 3.04 bits per heavy atom. The number of carbonyl (C=O) groups excluding carboxylic acids is 1. The van der Waals surface area contributed by atoms with Crippen molar-refractivity contribution in [2.45, 2.75) is 17.1 Å². The highest BCUT2D eigenvalue weighted by Gasteiger charge is 2.29. The molecule has 1 aliphatic rings. The Bertz CT molecular complexity index is 893. The van der Waals surface area contributed by atoms with Crippen LogP contribution in [0.25, 0.3) is 10.4 Å². The van der Waals surface area contributed by atoms with Crippen LogP contribution in [0.3, 0.4) is 0 Å². The Morgan fingerprint density at radius 2 is 2.30 bits per heavy atom. The molecule has 0 fully saturated rings. The van der Waals surface area contributed by atoms with Crippen LogP contribution in [0.2, 0.25) is 0 Å². The van der Waals surface area contributed by atoms with E-state index in [0.29, 0.717) is 5.82 Å². The van der Waals surface area contributed by atoms with Gasteiger partial charge in [0.15, 0.2) is 5.82 Å². The molecule has 3 aromatic rings. The van der Waals surface area contributed by atoms with Crippen molar-refractivity contribution in [3.8, 4) is 10.4 Å². The molecule has 0 spiro atoms. The van der Waals surface area contributed by atoms with Crippen molar-refractivity contribution in [1.29, 1.82) is 0 Å². The van der Waals surface area contributed by atoms with Gasteiger partial charge in [0.1, 0.15) is 0 Å². The van der Waals surface area contributed by atoms with Crippen molar-refractivity contribution >= 4 is 46.4 Å². The molecule has 4 rings (SSSR count). The zero-order chi connectivity index (χ0) is 16.0. The van der Waals surface area contributed by atoms with Crippen LogP contribution in [0.4, 0.5) is 5.82 Å². The van der Waals surface area contributed by atoms with Gasteiger partial charge in [0.2, 0.25) is 0 Å². The van der Waals surface area contributed by atoms with Gasteiger partial charge >= 0.3 is 0 Å². The summed E-state index contributed by atoms with van der Waals surface area (Å²) in [6.07, 6.45) is 7.67. The molecule has 23 heavy (non-hydrogen) atoms. The number of fused-ring (bicyclic) bond motifs is 3. The number of aromatic nitrogens is 3. The van der Waals surface area contributed by atoms with E-state index >= 15 is 0 Å². The summed E-state index contributed by atoms with van der Waals surface area (Å²) in [5.74, 6) is 0.512. The molecule has 1 amide bonds. The lowest BCUT2D eigenvalue weighted by molar-refractivity contribution is 0.102. The Kier molecular flexibility index (Phi) is 3.74. The van der Waals surface area contributed by atoms with Gasteiger partial charge < -0.3 is 5.32 Å². The minimum absolute atomic E-state index is 0.0711. The number of hydrogen-bond donors (Lipinski definition) is 1. The van der Waals surface area contributed by atoms with E-state index in [2.05, 4.69) is 21.0 Å². The smallest absolute Gasteiger partial charge is 0.267 e. The molecular formula is C15H14N4OS3. The predicted octanol–water partition coefficient (Wildman–Crippen LogP) is 3.68. The van der Waals surface area contributed by atoms with Gasteiger partial charge in [-0.15, -0.1) is 23.1 Å². The number of anilines is 1. The van der Waals surface area contributed by atoms with Crippen LogP contribution in [0.15, 0.2) is 22.7 Å². The molecule has 0 radical (unpaired) electrons. The average molecular weight is 363 g/mol. The van der Waals surface area contributed by atoms with Gasteiger partial charge in [-0.25, -0.2) is 4.37 Å². The number of nitrogens with zero attached hydrogens (tertiary/aromatic N) is 3. The van der Waals surface area contributed by atoms with Gasteiger partial charge in [0, 0.05) is 31.1 Å². The van der Waals surface area contributed by atoms with E-state index in [-0.39, 0.29) is 5.91 Å². The van der Waals surface area contributed by atoms with Crippen molar-refractivity contribution in [2.24, 2.45) is 7.05 Å². The normalized spacial score (nSPS) is 12.8. The maximum absolute atomic E-state index is 12.7. The number of thiophene rings is 1. The van der Waals surface area contributed by atoms with Gasteiger partial charge in [-0.05, 0) is 41.8 Å². The van der Waals surface area contributed by atoms with E-state index < -0.39 is 0 Å². The summed E-state index contributed by atoms with van der Waals surface area (Å²) in [4.78, 5) is 14.7. The Labute approximate surface area is 145 Å². The molecule has 0 unspecified atom stereocenters. The van der Waals surface area contributed by atoms with E-state index in [1.165, 1.54) is 31.7 Å². The number of rotatable bonds is 3. The van der Waals surface area contributed by atoms with Crippen LogP contribution in [0.1, 0.15) is 20.8 Å². The molecule has 0 saturated carbocycles. The molecule has 3 heterocycles. The van der Waals surface area contributed by atoms with Gasteiger partial charge in [0.25, 0.3) is 5.91 Å². The van der Waals surface area contributed by atoms with Gasteiger partial charge in [-0.2, -0.15) is 5.10 Å². The highest BCUT2D eigenvalue weighted by atomic mass is 32.2. The number of amides is 1. The van der Waals surface area contributed by atoms with Crippen molar-refractivity contribution < 1.29 is 4.79 Å². The van der Waals surface area contributed by atoms with Crippen LogP contribution in [0, 0.1) is 0 Å². The van der Waals surface area contributed by atoms with Crippen molar-refractivity contribution in [3.63, 3.8) is 0 Å². The van der Waals surface area contributed by atoms with E-state index in [4.69, 9.17) is 0 Å². The lowest BCUT2D eigenvalue weighted by atomic mass is 9.93. The number of hydrogen-bond acceptors (Lipinski definition) is 6. The maximum Gasteiger partial charge on any atom is 0.267 e. The van der Waals surface area contributed by atoms with Crippen LogP contribution in [0.5, 0.6) is 0 Å². The number of nitrogens with one attached hydrogen (secondary N) is 1. The Hall–Kier alpha value is -1.64. The summed E-state index contributed by atoms with van der Waals surface area (Å²) in [5.41, 5.74) is 3.68. The molecule has 1 N–H and O–H groups in total. The molecule has 0 aliphatic heterocycles. The SMILES string of the molecule is CSc1sc(C(=O)Nc2ccn(C)n2)c2c1-c1sncc1CC2. The third-order valence-electron chi connectivity index (χ3n) is 3.84. The minimum atomic E-state index is -0.0711. The van der Waals surface area contributed by atoms with Crippen LogP contribution >= 0.6 is 34.6 Å². The molecule has 0 aromatic carbocycles. The highest BCUT2D eigenvalue weighted by molar-refractivity contribution is 8.00. The first-order valence-electron chi connectivity index (χ1n) is 7.12. The zero-order valence-corrected chi connectivity index (χ0v) is 15.1. The summed E-state index contributed by atoms with van der Waals surface area (Å²) in [5, 5.41) is 7.12. The Morgan fingerprint density at radius 1 is 1.43 bits per heavy atom. The lowest BCUT2D eigenvalue weighted by Crippen LogP contribution is -2.14. The Balaban J connectivity index is 1.75. The standard InChI is InChI=1S/C15H14N4OS3/c1-19-6-5-10(18-19)17-14(20)13-9-4-3-8-7-16-23-12(8)11(9)15(21-2)22-13/h5-7H,3-4H2,1-2H3,(H,17,18,20). The summed E-state index contributed by atoms with van der Waals surface area (Å²) >= 11 is 4.79. The quantitative estimate of drug-likeness (QED) is 0.722. The van der Waals surface area contributed by atoms with Gasteiger partial charge in [-0.1, -0.05) is 0 Å². The van der Waals surface area contributed by atoms with Crippen molar-refractivity contribution in [2.75, 3.05) is 11.6 Å². The second-order valence-corrected chi connectivity index (χ2v) is 8.18. The second kappa shape index (κ2) is 5.77. The number of aryl methyl sites for hydroxylation is 2. The number of thioether (sulfide) groups is 1. The third kappa shape index (κ3) is 2.50. The van der Waals surface area contributed by atoms with E-state index in [1.807, 2.05) is 19.4 Å². The van der Waals surface area contributed by atoms with Crippen LogP contribution < -0.4 is 5.32 Å². The topological polar surface area (TPSA) is 59.8 Å².